The Kier molecular flexibility index (Phi) is 4.44. The molecule has 0 spiro atoms. The van der Waals surface area contributed by atoms with Crippen LogP contribution in [0, 0.1) is 0 Å². The van der Waals surface area contributed by atoms with E-state index in [1.165, 1.54) is 25.7 Å². The molecule has 1 aromatic rings. The molecule has 0 aromatic heterocycles. The normalized spacial score (nSPS) is 24.1. The first-order valence-corrected chi connectivity index (χ1v) is 7.98. The second-order valence-electron chi connectivity index (χ2n) is 6.00. The minimum atomic E-state index is 0.0199. The summed E-state index contributed by atoms with van der Waals surface area (Å²) in [6.07, 6.45) is 7.39. The van der Waals surface area contributed by atoms with E-state index in [1.807, 2.05) is 12.1 Å². The highest BCUT2D eigenvalue weighted by molar-refractivity contribution is 5.81. The lowest BCUT2D eigenvalue weighted by atomic mass is 10.0. The summed E-state index contributed by atoms with van der Waals surface area (Å²) in [4.78, 5) is 14.4. The molecule has 4 nitrogen and oxygen atoms in total. The number of amides is 1. The van der Waals surface area contributed by atoms with Gasteiger partial charge >= 0.3 is 0 Å². The third-order valence-corrected chi connectivity index (χ3v) is 4.66. The van der Waals surface area contributed by atoms with Crippen LogP contribution in [-0.2, 0) is 4.79 Å². The van der Waals surface area contributed by atoms with E-state index >= 15 is 0 Å². The Morgan fingerprint density at radius 1 is 1.10 bits per heavy atom. The SMILES string of the molecule is COc1ccc(C2NCC(=O)N2C2CCCCCC2)cc1. The molecule has 1 saturated heterocycles. The van der Waals surface area contributed by atoms with Crippen molar-refractivity contribution < 1.29 is 9.53 Å². The molecule has 3 rings (SSSR count). The van der Waals surface area contributed by atoms with Gasteiger partial charge in [0.05, 0.1) is 13.7 Å². The van der Waals surface area contributed by atoms with Crippen LogP contribution in [0.2, 0.25) is 0 Å². The van der Waals surface area contributed by atoms with Crippen molar-refractivity contribution >= 4 is 5.91 Å². The molecule has 1 aromatic carbocycles. The van der Waals surface area contributed by atoms with Gasteiger partial charge in [0.2, 0.25) is 5.91 Å². The fourth-order valence-corrected chi connectivity index (χ4v) is 3.53. The molecule has 1 N–H and O–H groups in total. The first-order chi connectivity index (χ1) is 10.3. The Labute approximate surface area is 126 Å². The molecule has 114 valence electrons. The van der Waals surface area contributed by atoms with Crippen molar-refractivity contribution in [2.75, 3.05) is 13.7 Å². The van der Waals surface area contributed by atoms with Gasteiger partial charge in [-0.25, -0.2) is 0 Å². The van der Waals surface area contributed by atoms with E-state index in [2.05, 4.69) is 22.3 Å². The van der Waals surface area contributed by atoms with E-state index < -0.39 is 0 Å². The number of rotatable bonds is 3. The molecule has 1 aliphatic heterocycles. The number of ether oxygens (including phenoxy) is 1. The predicted molar refractivity (Wildman–Crippen MR) is 82.1 cm³/mol. The van der Waals surface area contributed by atoms with Crippen LogP contribution >= 0.6 is 0 Å². The van der Waals surface area contributed by atoms with Crippen molar-refractivity contribution in [1.82, 2.24) is 10.2 Å². The molecule has 2 fully saturated rings. The van der Waals surface area contributed by atoms with E-state index in [-0.39, 0.29) is 12.1 Å². The van der Waals surface area contributed by atoms with E-state index in [0.29, 0.717) is 12.6 Å². The summed E-state index contributed by atoms with van der Waals surface area (Å²) in [5.41, 5.74) is 1.14. The molecular weight excluding hydrogens is 264 g/mol. The highest BCUT2D eigenvalue weighted by Gasteiger charge is 2.36. The number of methoxy groups -OCH3 is 1. The summed E-state index contributed by atoms with van der Waals surface area (Å²) in [5, 5.41) is 3.36. The molecular formula is C17H24N2O2. The molecule has 1 atom stereocenters. The van der Waals surface area contributed by atoms with Gasteiger partial charge in [-0.15, -0.1) is 0 Å². The fourth-order valence-electron chi connectivity index (χ4n) is 3.53. The molecule has 1 saturated carbocycles. The minimum absolute atomic E-state index is 0.0199. The number of carbonyl (C=O) groups excluding carboxylic acids is 1. The second-order valence-corrected chi connectivity index (χ2v) is 6.00. The maximum absolute atomic E-state index is 12.3. The first kappa shape index (κ1) is 14.4. The van der Waals surface area contributed by atoms with Crippen LogP contribution in [0.25, 0.3) is 0 Å². The van der Waals surface area contributed by atoms with Crippen LogP contribution in [0.3, 0.4) is 0 Å². The summed E-state index contributed by atoms with van der Waals surface area (Å²) in [7, 11) is 1.67. The van der Waals surface area contributed by atoms with Gasteiger partial charge in [0.15, 0.2) is 0 Å². The number of nitrogens with zero attached hydrogens (tertiary/aromatic N) is 1. The predicted octanol–water partition coefficient (Wildman–Crippen LogP) is 2.85. The van der Waals surface area contributed by atoms with Gasteiger partial charge in [0.25, 0.3) is 0 Å². The van der Waals surface area contributed by atoms with Crippen LogP contribution < -0.4 is 10.1 Å². The van der Waals surface area contributed by atoms with Gasteiger partial charge in [0, 0.05) is 6.04 Å². The van der Waals surface area contributed by atoms with E-state index in [1.54, 1.807) is 7.11 Å². The van der Waals surface area contributed by atoms with E-state index in [0.717, 1.165) is 24.2 Å². The number of benzene rings is 1. The van der Waals surface area contributed by atoms with Crippen LogP contribution in [0.1, 0.15) is 50.3 Å². The van der Waals surface area contributed by atoms with Gasteiger partial charge in [-0.3, -0.25) is 10.1 Å². The lowest BCUT2D eigenvalue weighted by Crippen LogP contribution is -2.39. The van der Waals surface area contributed by atoms with Crippen molar-refractivity contribution in [3.8, 4) is 5.75 Å². The summed E-state index contributed by atoms with van der Waals surface area (Å²) in [5.74, 6) is 1.09. The minimum Gasteiger partial charge on any atom is -0.497 e. The highest BCUT2D eigenvalue weighted by Crippen LogP contribution is 2.31. The van der Waals surface area contributed by atoms with Gasteiger partial charge in [-0.1, -0.05) is 37.8 Å². The lowest BCUT2D eigenvalue weighted by Gasteiger charge is -2.32. The van der Waals surface area contributed by atoms with Crippen molar-refractivity contribution in [2.45, 2.75) is 50.7 Å². The average molecular weight is 288 g/mol. The molecule has 21 heavy (non-hydrogen) atoms. The average Bonchev–Trinajstić information content (AvgIpc) is 2.74. The van der Waals surface area contributed by atoms with Gasteiger partial charge in [0.1, 0.15) is 11.9 Å². The maximum atomic E-state index is 12.3. The van der Waals surface area contributed by atoms with E-state index in [4.69, 9.17) is 4.74 Å². The zero-order valence-electron chi connectivity index (χ0n) is 12.7. The van der Waals surface area contributed by atoms with Crippen LogP contribution in [0.15, 0.2) is 24.3 Å². The Morgan fingerprint density at radius 3 is 2.38 bits per heavy atom. The third kappa shape index (κ3) is 3.05. The first-order valence-electron chi connectivity index (χ1n) is 7.98. The van der Waals surface area contributed by atoms with Crippen LogP contribution in [0.4, 0.5) is 0 Å². The van der Waals surface area contributed by atoms with Crippen molar-refractivity contribution in [2.24, 2.45) is 0 Å². The van der Waals surface area contributed by atoms with Crippen molar-refractivity contribution in [3.05, 3.63) is 29.8 Å². The number of carbonyl (C=O) groups is 1. The molecule has 1 amide bonds. The second kappa shape index (κ2) is 6.48. The van der Waals surface area contributed by atoms with Crippen LogP contribution in [-0.4, -0.2) is 30.5 Å². The topological polar surface area (TPSA) is 41.6 Å². The van der Waals surface area contributed by atoms with Gasteiger partial charge in [-0.05, 0) is 30.5 Å². The zero-order chi connectivity index (χ0) is 14.7. The van der Waals surface area contributed by atoms with Gasteiger partial charge < -0.3 is 9.64 Å². The van der Waals surface area contributed by atoms with E-state index in [9.17, 15) is 4.79 Å². The highest BCUT2D eigenvalue weighted by atomic mass is 16.5. The molecule has 1 unspecified atom stereocenters. The zero-order valence-corrected chi connectivity index (χ0v) is 12.7. The standard InChI is InChI=1S/C17H24N2O2/c1-21-15-10-8-13(9-11-15)17-18-12-16(20)19(17)14-6-4-2-3-5-7-14/h8-11,14,17-18H,2-7,12H2,1H3. The maximum Gasteiger partial charge on any atom is 0.238 e. The number of hydrogen-bond acceptors (Lipinski definition) is 3. The monoisotopic (exact) mass is 288 g/mol. The van der Waals surface area contributed by atoms with Crippen LogP contribution in [0.5, 0.6) is 5.75 Å². The quantitative estimate of drug-likeness (QED) is 0.870. The lowest BCUT2D eigenvalue weighted by molar-refractivity contribution is -0.130. The molecule has 1 heterocycles. The van der Waals surface area contributed by atoms with Gasteiger partial charge in [-0.2, -0.15) is 0 Å². The Bertz CT molecular complexity index is 478. The Morgan fingerprint density at radius 2 is 1.76 bits per heavy atom. The van der Waals surface area contributed by atoms with Crippen molar-refractivity contribution in [1.29, 1.82) is 0 Å². The van der Waals surface area contributed by atoms with Crippen molar-refractivity contribution in [3.63, 3.8) is 0 Å². The summed E-state index contributed by atoms with van der Waals surface area (Å²) >= 11 is 0. The smallest absolute Gasteiger partial charge is 0.238 e. The fraction of sp³-hybridized carbons (Fsp3) is 0.588. The molecule has 2 aliphatic rings. The molecule has 0 radical (unpaired) electrons. The summed E-state index contributed by atoms with van der Waals surface area (Å²) < 4.78 is 5.21. The molecule has 0 bridgehead atoms. The Hall–Kier alpha value is -1.55. The Balaban J connectivity index is 1.80. The number of nitrogens with one attached hydrogen (secondary N) is 1. The molecule has 4 heteroatoms. The number of hydrogen-bond donors (Lipinski definition) is 1. The largest absolute Gasteiger partial charge is 0.497 e. The third-order valence-electron chi connectivity index (χ3n) is 4.66. The molecule has 1 aliphatic carbocycles. The summed E-state index contributed by atoms with van der Waals surface area (Å²) in [6.45, 7) is 0.452. The summed E-state index contributed by atoms with van der Waals surface area (Å²) in [6, 6.07) is 8.43.